The minimum atomic E-state index is -0.498. The first-order valence-corrected chi connectivity index (χ1v) is 7.37. The van der Waals surface area contributed by atoms with E-state index < -0.39 is 5.92 Å². The third kappa shape index (κ3) is 4.16. The van der Waals surface area contributed by atoms with Gasteiger partial charge in [-0.15, -0.1) is 0 Å². The zero-order valence-corrected chi connectivity index (χ0v) is 14.1. The van der Waals surface area contributed by atoms with Crippen LogP contribution in [0.4, 0.5) is 5.69 Å². The van der Waals surface area contributed by atoms with E-state index in [1.807, 2.05) is 26.8 Å². The number of carbonyl (C=O) groups excluding carboxylic acids is 1. The van der Waals surface area contributed by atoms with Crippen molar-refractivity contribution in [3.8, 4) is 0 Å². The van der Waals surface area contributed by atoms with Crippen molar-refractivity contribution in [2.24, 2.45) is 17.6 Å². The van der Waals surface area contributed by atoms with Gasteiger partial charge in [-0.05, 0) is 46.5 Å². The Kier molecular flexibility index (Phi) is 5.77. The van der Waals surface area contributed by atoms with Gasteiger partial charge in [-0.2, -0.15) is 0 Å². The van der Waals surface area contributed by atoms with Gasteiger partial charge >= 0.3 is 0 Å². The van der Waals surface area contributed by atoms with Gasteiger partial charge in [0.1, 0.15) is 0 Å². The van der Waals surface area contributed by atoms with E-state index in [0.717, 1.165) is 10.0 Å². The van der Waals surface area contributed by atoms with Crippen LogP contribution in [0.5, 0.6) is 0 Å². The molecule has 19 heavy (non-hydrogen) atoms. The Bertz CT molecular complexity index is 520. The highest BCUT2D eigenvalue weighted by atomic mass is 79.9. The summed E-state index contributed by atoms with van der Waals surface area (Å²) in [4.78, 5) is 12.4. The summed E-state index contributed by atoms with van der Waals surface area (Å²) >= 11 is 14.4. The van der Waals surface area contributed by atoms with Gasteiger partial charge in [0.15, 0.2) is 0 Å². The van der Waals surface area contributed by atoms with Gasteiger partial charge in [0.2, 0.25) is 5.91 Å². The Hall–Kier alpha value is -0.650. The summed E-state index contributed by atoms with van der Waals surface area (Å²) < 4.78 is 0.771. The number of hydrogen-bond donors (Lipinski definition) is 2. The molecule has 0 radical (unpaired) electrons. The van der Waals surface area contributed by atoms with Crippen LogP contribution in [0.2, 0.25) is 5.02 Å². The quantitative estimate of drug-likeness (QED) is 0.798. The van der Waals surface area contributed by atoms with Crippen LogP contribution in [0.3, 0.4) is 0 Å². The first kappa shape index (κ1) is 16.4. The highest BCUT2D eigenvalue weighted by molar-refractivity contribution is 9.10. The first-order valence-electron chi connectivity index (χ1n) is 5.79. The number of nitrogens with one attached hydrogen (secondary N) is 1. The van der Waals surface area contributed by atoms with Crippen molar-refractivity contribution in [3.63, 3.8) is 0 Å². The highest BCUT2D eigenvalue weighted by Gasteiger charge is 2.25. The molecule has 3 nitrogen and oxygen atoms in total. The molecule has 0 saturated carbocycles. The first-order chi connectivity index (χ1) is 8.73. The standard InChI is InChI=1S/C13H16BrClN2OS/c1-6(2)11(12(16)19)13(18)17-10-5-9(15)7(3)4-8(10)14/h4-6,11H,1-3H3,(H2,16,19)(H,17,18). The van der Waals surface area contributed by atoms with E-state index in [2.05, 4.69) is 21.2 Å². The van der Waals surface area contributed by atoms with Gasteiger partial charge in [0, 0.05) is 9.50 Å². The van der Waals surface area contributed by atoms with Crippen LogP contribution >= 0.6 is 39.7 Å². The topological polar surface area (TPSA) is 55.1 Å². The number of amides is 1. The van der Waals surface area contributed by atoms with Crippen LogP contribution in [-0.2, 0) is 4.79 Å². The fraction of sp³-hybridized carbons (Fsp3) is 0.385. The van der Waals surface area contributed by atoms with Gasteiger partial charge in [0.25, 0.3) is 0 Å². The molecule has 0 saturated heterocycles. The number of rotatable bonds is 4. The Labute approximate surface area is 132 Å². The summed E-state index contributed by atoms with van der Waals surface area (Å²) in [6.45, 7) is 5.70. The molecule has 1 aromatic rings. The SMILES string of the molecule is Cc1cc(Br)c(NC(=O)C(C(N)=S)C(C)C)cc1Cl. The van der Waals surface area contributed by atoms with Crippen LogP contribution in [0.1, 0.15) is 19.4 Å². The smallest absolute Gasteiger partial charge is 0.234 e. The Morgan fingerprint density at radius 3 is 2.53 bits per heavy atom. The Balaban J connectivity index is 2.99. The van der Waals surface area contributed by atoms with E-state index in [1.165, 1.54) is 0 Å². The van der Waals surface area contributed by atoms with Gasteiger partial charge in [-0.3, -0.25) is 4.79 Å². The molecule has 0 bridgehead atoms. The molecular weight excluding hydrogens is 348 g/mol. The zero-order valence-electron chi connectivity index (χ0n) is 11.0. The van der Waals surface area contributed by atoms with E-state index in [1.54, 1.807) is 6.07 Å². The number of carbonyl (C=O) groups is 1. The number of thiocarbonyl (C=S) groups is 1. The monoisotopic (exact) mass is 362 g/mol. The van der Waals surface area contributed by atoms with Crippen molar-refractivity contribution in [2.45, 2.75) is 20.8 Å². The summed E-state index contributed by atoms with van der Waals surface area (Å²) in [7, 11) is 0. The van der Waals surface area contributed by atoms with Crippen molar-refractivity contribution in [2.75, 3.05) is 5.32 Å². The number of benzene rings is 1. The third-order valence-electron chi connectivity index (χ3n) is 2.76. The number of anilines is 1. The molecule has 6 heteroatoms. The molecule has 0 spiro atoms. The molecule has 0 aliphatic rings. The number of nitrogens with two attached hydrogens (primary N) is 1. The summed E-state index contributed by atoms with van der Waals surface area (Å²) in [5.74, 6) is -0.678. The van der Waals surface area contributed by atoms with Gasteiger partial charge < -0.3 is 11.1 Å². The van der Waals surface area contributed by atoms with Crippen molar-refractivity contribution >= 4 is 56.3 Å². The average Bonchev–Trinajstić information content (AvgIpc) is 2.24. The molecule has 0 heterocycles. The van der Waals surface area contributed by atoms with Crippen LogP contribution < -0.4 is 11.1 Å². The molecule has 0 aliphatic carbocycles. The van der Waals surface area contributed by atoms with E-state index in [9.17, 15) is 4.79 Å². The third-order valence-corrected chi connectivity index (χ3v) is 4.08. The van der Waals surface area contributed by atoms with E-state index in [-0.39, 0.29) is 16.8 Å². The summed E-state index contributed by atoms with van der Waals surface area (Å²) in [6, 6.07) is 3.55. The van der Waals surface area contributed by atoms with E-state index in [0.29, 0.717) is 10.7 Å². The maximum absolute atomic E-state index is 12.2. The number of aryl methyl sites for hydroxylation is 1. The van der Waals surface area contributed by atoms with Crippen molar-refractivity contribution in [1.82, 2.24) is 0 Å². The molecule has 3 N–H and O–H groups in total. The molecule has 104 valence electrons. The summed E-state index contributed by atoms with van der Waals surface area (Å²) in [6.07, 6.45) is 0. The number of halogens is 2. The second kappa shape index (κ2) is 6.68. The molecule has 0 fully saturated rings. The predicted molar refractivity (Wildman–Crippen MR) is 87.6 cm³/mol. The maximum atomic E-state index is 12.2. The van der Waals surface area contributed by atoms with Crippen LogP contribution in [-0.4, -0.2) is 10.9 Å². The lowest BCUT2D eigenvalue weighted by atomic mass is 9.95. The number of hydrogen-bond acceptors (Lipinski definition) is 2. The fourth-order valence-corrected chi connectivity index (χ4v) is 2.81. The molecule has 1 aromatic carbocycles. The van der Waals surface area contributed by atoms with Gasteiger partial charge in [-0.25, -0.2) is 0 Å². The molecular formula is C13H16BrClN2OS. The lowest BCUT2D eigenvalue weighted by Crippen LogP contribution is -2.36. The van der Waals surface area contributed by atoms with Crippen molar-refractivity contribution in [1.29, 1.82) is 0 Å². The predicted octanol–water partition coefficient (Wildman–Crippen LogP) is 3.91. The van der Waals surface area contributed by atoms with Gasteiger partial charge in [-0.1, -0.05) is 37.7 Å². The average molecular weight is 364 g/mol. The maximum Gasteiger partial charge on any atom is 0.234 e. The molecule has 1 unspecified atom stereocenters. The molecule has 1 rings (SSSR count). The fourth-order valence-electron chi connectivity index (χ4n) is 1.71. The van der Waals surface area contributed by atoms with Crippen molar-refractivity contribution < 1.29 is 4.79 Å². The minimum Gasteiger partial charge on any atom is -0.393 e. The highest BCUT2D eigenvalue weighted by Crippen LogP contribution is 2.29. The largest absolute Gasteiger partial charge is 0.393 e. The summed E-state index contributed by atoms with van der Waals surface area (Å²) in [5.41, 5.74) is 7.16. The van der Waals surface area contributed by atoms with Crippen molar-refractivity contribution in [3.05, 3.63) is 27.2 Å². The Morgan fingerprint density at radius 1 is 1.47 bits per heavy atom. The molecule has 1 atom stereocenters. The van der Waals surface area contributed by atoms with Crippen LogP contribution in [0.25, 0.3) is 0 Å². The normalized spacial score (nSPS) is 12.3. The van der Waals surface area contributed by atoms with E-state index in [4.69, 9.17) is 29.6 Å². The summed E-state index contributed by atoms with van der Waals surface area (Å²) in [5, 5.41) is 3.40. The lowest BCUT2D eigenvalue weighted by Gasteiger charge is -2.19. The van der Waals surface area contributed by atoms with Crippen LogP contribution in [0, 0.1) is 18.8 Å². The molecule has 0 aliphatic heterocycles. The van der Waals surface area contributed by atoms with Gasteiger partial charge in [0.05, 0.1) is 16.6 Å². The second-order valence-corrected chi connectivity index (χ2v) is 6.43. The zero-order chi connectivity index (χ0) is 14.7. The Morgan fingerprint density at radius 2 is 2.05 bits per heavy atom. The minimum absolute atomic E-state index is 0.0391. The lowest BCUT2D eigenvalue weighted by molar-refractivity contribution is -0.118. The molecule has 0 aromatic heterocycles. The second-order valence-electron chi connectivity index (χ2n) is 4.69. The van der Waals surface area contributed by atoms with Crippen LogP contribution in [0.15, 0.2) is 16.6 Å². The van der Waals surface area contributed by atoms with E-state index >= 15 is 0 Å². The molecule has 1 amide bonds.